The second-order valence-electron chi connectivity index (χ2n) is 7.07. The van der Waals surface area contributed by atoms with E-state index in [1.165, 1.54) is 20.8 Å². The van der Waals surface area contributed by atoms with Gasteiger partial charge >= 0.3 is 5.97 Å². The summed E-state index contributed by atoms with van der Waals surface area (Å²) in [6.45, 7) is 4.00. The third kappa shape index (κ3) is 10.6. The number of aliphatic hydroxyl groups is 2. The van der Waals surface area contributed by atoms with Crippen molar-refractivity contribution in [2.75, 3.05) is 6.54 Å². The minimum Gasteiger partial charge on any atom is -0.480 e. The van der Waals surface area contributed by atoms with Crippen LogP contribution in [0.1, 0.15) is 33.6 Å². The van der Waals surface area contributed by atoms with Crippen LogP contribution in [0.3, 0.4) is 0 Å². The first kappa shape index (κ1) is 28.0. The number of aliphatic imine (C=N–C) groups is 1. The van der Waals surface area contributed by atoms with E-state index in [9.17, 15) is 34.5 Å². The first-order valence-corrected chi connectivity index (χ1v) is 9.58. The molecule has 12 N–H and O–H groups in total. The molecule has 0 aliphatic carbocycles. The van der Waals surface area contributed by atoms with Gasteiger partial charge in [0.1, 0.15) is 24.2 Å². The maximum absolute atomic E-state index is 12.5. The minimum absolute atomic E-state index is 0.00201. The number of carboxylic acid groups (broad SMARTS) is 1. The lowest BCUT2D eigenvalue weighted by atomic mass is 10.1. The van der Waals surface area contributed by atoms with Crippen molar-refractivity contribution < 1.29 is 34.5 Å². The summed E-state index contributed by atoms with van der Waals surface area (Å²) in [4.78, 5) is 51.7. The average molecular weight is 447 g/mol. The van der Waals surface area contributed by atoms with Crippen molar-refractivity contribution in [2.45, 2.75) is 70.0 Å². The molecular weight excluding hydrogens is 414 g/mol. The van der Waals surface area contributed by atoms with Gasteiger partial charge in [-0.2, -0.15) is 0 Å². The van der Waals surface area contributed by atoms with Gasteiger partial charge in [-0.05, 0) is 33.6 Å². The van der Waals surface area contributed by atoms with Gasteiger partial charge < -0.3 is 48.5 Å². The number of hydrogen-bond acceptors (Lipinski definition) is 8. The molecule has 0 heterocycles. The van der Waals surface area contributed by atoms with E-state index in [2.05, 4.69) is 20.9 Å². The number of aliphatic carboxylic acids is 1. The summed E-state index contributed by atoms with van der Waals surface area (Å²) in [7, 11) is 0. The molecule has 0 aromatic heterocycles. The van der Waals surface area contributed by atoms with Gasteiger partial charge in [0.25, 0.3) is 0 Å². The maximum atomic E-state index is 12.5. The highest BCUT2D eigenvalue weighted by Crippen LogP contribution is 2.02. The third-order valence-corrected chi connectivity index (χ3v) is 4.20. The Balaban J connectivity index is 5.01. The molecule has 0 aliphatic rings. The molecule has 0 aromatic rings. The molecule has 0 aliphatic heterocycles. The van der Waals surface area contributed by atoms with Gasteiger partial charge in [0, 0.05) is 6.54 Å². The van der Waals surface area contributed by atoms with Crippen LogP contribution >= 0.6 is 0 Å². The summed E-state index contributed by atoms with van der Waals surface area (Å²) in [5.74, 6) is -4.02. The van der Waals surface area contributed by atoms with E-state index in [0.29, 0.717) is 0 Å². The van der Waals surface area contributed by atoms with E-state index in [1.807, 2.05) is 0 Å². The summed E-state index contributed by atoms with van der Waals surface area (Å²) in [6, 6.07) is -5.21. The van der Waals surface area contributed by atoms with Crippen LogP contribution in [0.5, 0.6) is 0 Å². The van der Waals surface area contributed by atoms with Crippen LogP contribution in [0.4, 0.5) is 0 Å². The molecule has 0 rings (SSSR count). The van der Waals surface area contributed by atoms with E-state index in [-0.39, 0.29) is 25.3 Å². The normalized spacial score (nSPS) is 16.6. The largest absolute Gasteiger partial charge is 0.480 e. The Morgan fingerprint density at radius 1 is 0.903 bits per heavy atom. The van der Waals surface area contributed by atoms with Crippen LogP contribution in [0.15, 0.2) is 4.99 Å². The summed E-state index contributed by atoms with van der Waals surface area (Å²) in [5, 5.41) is 35.2. The monoisotopic (exact) mass is 447 g/mol. The highest BCUT2D eigenvalue weighted by molar-refractivity contribution is 5.94. The first-order valence-electron chi connectivity index (χ1n) is 9.58. The summed E-state index contributed by atoms with van der Waals surface area (Å²) in [5.41, 5.74) is 15.8. The van der Waals surface area contributed by atoms with Crippen molar-refractivity contribution in [2.24, 2.45) is 22.2 Å². The predicted molar refractivity (Wildman–Crippen MR) is 110 cm³/mol. The Morgan fingerprint density at radius 2 is 1.48 bits per heavy atom. The van der Waals surface area contributed by atoms with E-state index in [0.717, 1.165) is 0 Å². The lowest BCUT2D eigenvalue weighted by molar-refractivity contribution is -0.143. The molecule has 0 fully saturated rings. The molecule has 178 valence electrons. The fourth-order valence-corrected chi connectivity index (χ4v) is 2.30. The zero-order chi connectivity index (χ0) is 24.3. The Hall–Kier alpha value is -2.97. The Kier molecular flexibility index (Phi) is 12.1. The molecular formula is C17H33N7O7. The van der Waals surface area contributed by atoms with Crippen LogP contribution < -0.4 is 33.2 Å². The number of hydrogen-bond donors (Lipinski definition) is 9. The molecule has 14 heteroatoms. The summed E-state index contributed by atoms with van der Waals surface area (Å²) in [6.07, 6.45) is -2.26. The third-order valence-electron chi connectivity index (χ3n) is 4.20. The fourth-order valence-electron chi connectivity index (χ4n) is 2.30. The predicted octanol–water partition coefficient (Wildman–Crippen LogP) is -4.31. The lowest BCUT2D eigenvalue weighted by Gasteiger charge is -2.25. The van der Waals surface area contributed by atoms with Gasteiger partial charge in [-0.25, -0.2) is 4.79 Å². The van der Waals surface area contributed by atoms with Gasteiger partial charge in [-0.1, -0.05) is 0 Å². The number of nitrogens with one attached hydrogen (secondary N) is 3. The van der Waals surface area contributed by atoms with E-state index < -0.39 is 60.1 Å². The standard InChI is InChI=1S/C17H33N7O7/c1-7(22-14(28)11(18)8(2)25)13(27)24-12(9(3)26)15(29)23-10(16(30)31)5-4-6-21-17(19)20/h7-12,25-26H,4-6,18H2,1-3H3,(H,22,28)(H,23,29)(H,24,27)(H,30,31)(H4,19,20,21). The van der Waals surface area contributed by atoms with Crippen molar-refractivity contribution in [3.05, 3.63) is 0 Å². The number of carbonyl (C=O) groups excluding carboxylic acids is 3. The molecule has 0 radical (unpaired) electrons. The second-order valence-corrected chi connectivity index (χ2v) is 7.07. The average Bonchev–Trinajstić information content (AvgIpc) is 2.66. The van der Waals surface area contributed by atoms with Crippen molar-refractivity contribution >= 4 is 29.7 Å². The smallest absolute Gasteiger partial charge is 0.326 e. The van der Waals surface area contributed by atoms with Gasteiger partial charge in [0.2, 0.25) is 17.7 Å². The first-order chi connectivity index (χ1) is 14.3. The Labute approximate surface area is 179 Å². The van der Waals surface area contributed by atoms with Gasteiger partial charge in [-0.3, -0.25) is 19.4 Å². The second kappa shape index (κ2) is 13.4. The van der Waals surface area contributed by atoms with Crippen LogP contribution in [-0.2, 0) is 19.2 Å². The van der Waals surface area contributed by atoms with Crippen molar-refractivity contribution in [1.29, 1.82) is 0 Å². The number of nitrogens with two attached hydrogens (primary N) is 3. The van der Waals surface area contributed by atoms with Crippen LogP contribution in [0.2, 0.25) is 0 Å². The number of aliphatic hydroxyl groups excluding tert-OH is 2. The molecule has 0 aromatic carbocycles. The van der Waals surface area contributed by atoms with Crippen molar-refractivity contribution in [3.8, 4) is 0 Å². The van der Waals surface area contributed by atoms with Crippen LogP contribution in [0.25, 0.3) is 0 Å². The Morgan fingerprint density at radius 3 is 1.94 bits per heavy atom. The number of nitrogens with zero attached hydrogens (tertiary/aromatic N) is 1. The SMILES string of the molecule is CC(NC(=O)C(N)C(C)O)C(=O)NC(C(=O)NC(CCCN=C(N)N)C(=O)O)C(C)O. The molecule has 0 saturated heterocycles. The molecule has 6 unspecified atom stereocenters. The van der Waals surface area contributed by atoms with E-state index in [4.69, 9.17) is 17.2 Å². The fraction of sp³-hybridized carbons (Fsp3) is 0.706. The number of carboxylic acids is 1. The number of carbonyl (C=O) groups is 4. The molecule has 0 spiro atoms. The quantitative estimate of drug-likeness (QED) is 0.0745. The number of rotatable bonds is 13. The minimum atomic E-state index is -1.49. The zero-order valence-electron chi connectivity index (χ0n) is 17.7. The summed E-state index contributed by atoms with van der Waals surface area (Å²) >= 11 is 0. The molecule has 31 heavy (non-hydrogen) atoms. The maximum Gasteiger partial charge on any atom is 0.326 e. The van der Waals surface area contributed by atoms with Crippen LogP contribution in [-0.4, -0.2) is 87.9 Å². The highest BCUT2D eigenvalue weighted by atomic mass is 16.4. The summed E-state index contributed by atoms with van der Waals surface area (Å²) < 4.78 is 0. The number of guanidine groups is 1. The molecule has 3 amide bonds. The van der Waals surface area contributed by atoms with E-state index >= 15 is 0 Å². The van der Waals surface area contributed by atoms with Crippen molar-refractivity contribution in [1.82, 2.24) is 16.0 Å². The topological polar surface area (TPSA) is 255 Å². The lowest BCUT2D eigenvalue weighted by Crippen LogP contribution is -2.59. The highest BCUT2D eigenvalue weighted by Gasteiger charge is 2.31. The molecule has 0 saturated carbocycles. The molecule has 6 atom stereocenters. The Bertz CT molecular complexity index is 665. The number of amides is 3. The van der Waals surface area contributed by atoms with Gasteiger partial charge in [-0.15, -0.1) is 0 Å². The van der Waals surface area contributed by atoms with Gasteiger partial charge in [0.15, 0.2) is 5.96 Å². The zero-order valence-corrected chi connectivity index (χ0v) is 17.7. The molecule has 14 nitrogen and oxygen atoms in total. The van der Waals surface area contributed by atoms with Crippen LogP contribution in [0, 0.1) is 0 Å². The van der Waals surface area contributed by atoms with Gasteiger partial charge in [0.05, 0.1) is 12.2 Å². The molecule has 0 bridgehead atoms. The van der Waals surface area contributed by atoms with E-state index in [1.54, 1.807) is 0 Å². The van der Waals surface area contributed by atoms with Crippen molar-refractivity contribution in [3.63, 3.8) is 0 Å².